The quantitative estimate of drug-likeness (QED) is 0.880. The summed E-state index contributed by atoms with van der Waals surface area (Å²) < 4.78 is 0. The van der Waals surface area contributed by atoms with Crippen LogP contribution in [0.15, 0.2) is 11.4 Å². The molecule has 1 aromatic rings. The molecule has 21 heavy (non-hydrogen) atoms. The number of hydrogen-bond acceptors (Lipinski definition) is 5. The second-order valence-corrected chi connectivity index (χ2v) is 5.98. The maximum absolute atomic E-state index is 12.1. The Bertz CT molecular complexity index is 578. The molecular weight excluding hydrogens is 290 g/mol. The number of carbonyl (C=O) groups is 2. The van der Waals surface area contributed by atoms with Crippen molar-refractivity contribution >= 4 is 23.2 Å². The lowest BCUT2D eigenvalue weighted by molar-refractivity contribution is -0.145. The molecule has 2 rings (SSSR count). The Labute approximate surface area is 127 Å². The van der Waals surface area contributed by atoms with Crippen molar-refractivity contribution < 1.29 is 14.7 Å². The van der Waals surface area contributed by atoms with Gasteiger partial charge in [-0.25, -0.2) is 0 Å². The molecule has 0 aromatic carbocycles. The molecule has 0 saturated heterocycles. The molecule has 1 aliphatic heterocycles. The molecule has 0 fully saturated rings. The summed E-state index contributed by atoms with van der Waals surface area (Å²) in [6.07, 6.45) is 1.05. The van der Waals surface area contributed by atoms with Crippen molar-refractivity contribution in [1.82, 2.24) is 9.80 Å². The Morgan fingerprint density at radius 2 is 2.38 bits per heavy atom. The molecule has 2 heterocycles. The van der Waals surface area contributed by atoms with Gasteiger partial charge in [-0.2, -0.15) is 5.26 Å². The number of likely N-dealkylation sites (N-methyl/N-ethyl adjacent to an activating group) is 1. The number of hydrogen-bond donors (Lipinski definition) is 1. The highest BCUT2D eigenvalue weighted by molar-refractivity contribution is 7.10. The van der Waals surface area contributed by atoms with Crippen molar-refractivity contribution in [3.8, 4) is 6.07 Å². The number of rotatable bonds is 5. The van der Waals surface area contributed by atoms with E-state index >= 15 is 0 Å². The lowest BCUT2D eigenvalue weighted by atomic mass is 10.00. The van der Waals surface area contributed by atoms with Crippen LogP contribution in [0.3, 0.4) is 0 Å². The van der Waals surface area contributed by atoms with Crippen LogP contribution in [-0.2, 0) is 16.0 Å². The molecule has 0 radical (unpaired) electrons. The summed E-state index contributed by atoms with van der Waals surface area (Å²) >= 11 is 1.56. The number of carbonyl (C=O) groups excluding carboxylic acids is 1. The molecule has 1 atom stereocenters. The average Bonchev–Trinajstić information content (AvgIpc) is 2.92. The van der Waals surface area contributed by atoms with E-state index in [-0.39, 0.29) is 18.9 Å². The molecular formula is C14H17N3O3S. The standard InChI is InChI=1S/C14H17N3O3S/c1-16(6-2-5-15)12(18)9-17-7-3-11-10(4-8-21-11)13(17)14(19)20/h4,8,13H,2-3,6-7,9H2,1H3,(H,19,20). The fourth-order valence-corrected chi connectivity index (χ4v) is 3.37. The van der Waals surface area contributed by atoms with Gasteiger partial charge in [0.25, 0.3) is 0 Å². The van der Waals surface area contributed by atoms with Gasteiger partial charge < -0.3 is 10.0 Å². The first-order valence-corrected chi connectivity index (χ1v) is 7.56. The van der Waals surface area contributed by atoms with Gasteiger partial charge in [0, 0.05) is 25.0 Å². The summed E-state index contributed by atoms with van der Waals surface area (Å²) in [4.78, 5) is 27.9. The highest BCUT2D eigenvalue weighted by Gasteiger charge is 2.34. The second-order valence-electron chi connectivity index (χ2n) is 4.98. The van der Waals surface area contributed by atoms with Gasteiger partial charge >= 0.3 is 5.97 Å². The molecule has 1 aliphatic rings. The minimum atomic E-state index is -0.929. The third-order valence-corrected chi connectivity index (χ3v) is 4.62. The number of nitrogens with zero attached hydrogens (tertiary/aromatic N) is 3. The SMILES string of the molecule is CN(CCC#N)C(=O)CN1CCc2sccc2C1C(=O)O. The fourth-order valence-electron chi connectivity index (χ4n) is 2.46. The zero-order chi connectivity index (χ0) is 15.4. The largest absolute Gasteiger partial charge is 0.480 e. The summed E-state index contributed by atoms with van der Waals surface area (Å²) in [5.41, 5.74) is 0.797. The Kier molecular flexibility index (Phi) is 4.94. The van der Waals surface area contributed by atoms with Gasteiger partial charge in [-0.1, -0.05) is 0 Å². The lowest BCUT2D eigenvalue weighted by Gasteiger charge is -2.33. The van der Waals surface area contributed by atoms with Crippen LogP contribution in [0.5, 0.6) is 0 Å². The van der Waals surface area contributed by atoms with Crippen molar-refractivity contribution in [3.63, 3.8) is 0 Å². The molecule has 1 amide bonds. The molecule has 0 bridgehead atoms. The summed E-state index contributed by atoms with van der Waals surface area (Å²) in [6, 6.07) is 3.07. The van der Waals surface area contributed by atoms with Gasteiger partial charge in [0.15, 0.2) is 0 Å². The molecule has 7 heteroatoms. The van der Waals surface area contributed by atoms with Crippen LogP contribution >= 0.6 is 11.3 Å². The smallest absolute Gasteiger partial charge is 0.325 e. The van der Waals surface area contributed by atoms with E-state index in [2.05, 4.69) is 0 Å². The number of nitriles is 1. The number of aliphatic carboxylic acids is 1. The van der Waals surface area contributed by atoms with Gasteiger partial charge in [-0.3, -0.25) is 14.5 Å². The highest BCUT2D eigenvalue weighted by Crippen LogP contribution is 2.33. The van der Waals surface area contributed by atoms with Gasteiger partial charge in [0.05, 0.1) is 19.0 Å². The number of amides is 1. The maximum atomic E-state index is 12.1. The van der Waals surface area contributed by atoms with Gasteiger partial charge in [-0.05, 0) is 23.4 Å². The van der Waals surface area contributed by atoms with E-state index in [1.54, 1.807) is 23.3 Å². The van der Waals surface area contributed by atoms with Crippen LogP contribution in [0, 0.1) is 11.3 Å². The molecule has 1 N–H and O–H groups in total. The minimum absolute atomic E-state index is 0.0637. The molecule has 0 aliphatic carbocycles. The zero-order valence-corrected chi connectivity index (χ0v) is 12.6. The molecule has 1 aromatic heterocycles. The first-order chi connectivity index (χ1) is 10.0. The summed E-state index contributed by atoms with van der Waals surface area (Å²) in [6.45, 7) is 0.987. The van der Waals surface area contributed by atoms with E-state index in [9.17, 15) is 14.7 Å². The second kappa shape index (κ2) is 6.70. The predicted octanol–water partition coefficient (Wildman–Crippen LogP) is 1.10. The number of carboxylic acid groups (broad SMARTS) is 1. The van der Waals surface area contributed by atoms with Crippen LogP contribution in [0.1, 0.15) is 22.9 Å². The van der Waals surface area contributed by atoms with Crippen molar-refractivity contribution in [1.29, 1.82) is 5.26 Å². The Balaban J connectivity index is 2.08. The number of carboxylic acids is 1. The average molecular weight is 307 g/mol. The normalized spacial score (nSPS) is 17.8. The van der Waals surface area contributed by atoms with E-state index < -0.39 is 12.0 Å². The van der Waals surface area contributed by atoms with Crippen molar-refractivity contribution in [2.45, 2.75) is 18.9 Å². The summed E-state index contributed by atoms with van der Waals surface area (Å²) in [5, 5.41) is 19.9. The van der Waals surface area contributed by atoms with Crippen molar-refractivity contribution in [2.75, 3.05) is 26.7 Å². The molecule has 1 unspecified atom stereocenters. The topological polar surface area (TPSA) is 84.6 Å². The summed E-state index contributed by atoms with van der Waals surface area (Å²) in [5.74, 6) is -1.09. The van der Waals surface area contributed by atoms with Crippen LogP contribution in [0.4, 0.5) is 0 Å². The highest BCUT2D eigenvalue weighted by atomic mass is 32.1. The third kappa shape index (κ3) is 3.40. The third-order valence-electron chi connectivity index (χ3n) is 3.62. The zero-order valence-electron chi connectivity index (χ0n) is 11.8. The predicted molar refractivity (Wildman–Crippen MR) is 77.8 cm³/mol. The van der Waals surface area contributed by atoms with E-state index in [0.717, 1.165) is 16.9 Å². The van der Waals surface area contributed by atoms with Gasteiger partial charge in [0.2, 0.25) is 5.91 Å². The molecule has 0 saturated carbocycles. The van der Waals surface area contributed by atoms with Crippen LogP contribution < -0.4 is 0 Å². The van der Waals surface area contributed by atoms with E-state index in [1.165, 1.54) is 4.90 Å². The first kappa shape index (κ1) is 15.5. The van der Waals surface area contributed by atoms with Gasteiger partial charge in [-0.15, -0.1) is 11.3 Å². The Morgan fingerprint density at radius 1 is 1.62 bits per heavy atom. The van der Waals surface area contributed by atoms with Crippen molar-refractivity contribution in [3.05, 3.63) is 21.9 Å². The van der Waals surface area contributed by atoms with Crippen LogP contribution in [0.25, 0.3) is 0 Å². The van der Waals surface area contributed by atoms with Gasteiger partial charge in [0.1, 0.15) is 6.04 Å². The fraction of sp³-hybridized carbons (Fsp3) is 0.500. The van der Waals surface area contributed by atoms with E-state index in [1.807, 2.05) is 17.5 Å². The molecule has 0 spiro atoms. The van der Waals surface area contributed by atoms with Crippen molar-refractivity contribution in [2.24, 2.45) is 0 Å². The first-order valence-electron chi connectivity index (χ1n) is 6.68. The van der Waals surface area contributed by atoms with Crippen LogP contribution in [0.2, 0.25) is 0 Å². The lowest BCUT2D eigenvalue weighted by Crippen LogP contribution is -2.45. The molecule has 112 valence electrons. The van der Waals surface area contributed by atoms with Crippen LogP contribution in [-0.4, -0.2) is 53.5 Å². The number of thiophene rings is 1. The monoisotopic (exact) mass is 307 g/mol. The Morgan fingerprint density at radius 3 is 3.05 bits per heavy atom. The molecule has 6 nitrogen and oxygen atoms in total. The van der Waals surface area contributed by atoms with E-state index in [0.29, 0.717) is 13.1 Å². The Hall–Kier alpha value is -1.91. The number of fused-ring (bicyclic) bond motifs is 1. The summed E-state index contributed by atoms with van der Waals surface area (Å²) in [7, 11) is 1.63. The van der Waals surface area contributed by atoms with E-state index in [4.69, 9.17) is 5.26 Å². The maximum Gasteiger partial charge on any atom is 0.325 e. The minimum Gasteiger partial charge on any atom is -0.480 e.